The number of ether oxygens (including phenoxy) is 1. The first-order chi connectivity index (χ1) is 14.7. The molecule has 0 spiro atoms. The molecule has 1 aromatic carbocycles. The summed E-state index contributed by atoms with van der Waals surface area (Å²) in [5, 5.41) is 9.91. The first-order valence-corrected chi connectivity index (χ1v) is 10.3. The van der Waals surface area contributed by atoms with Gasteiger partial charge in [-0.05, 0) is 30.5 Å². The molecule has 8 nitrogen and oxygen atoms in total. The lowest BCUT2D eigenvalue weighted by Crippen LogP contribution is -2.42. The van der Waals surface area contributed by atoms with Gasteiger partial charge in [0.2, 0.25) is 0 Å². The van der Waals surface area contributed by atoms with E-state index in [1.807, 2.05) is 32.0 Å². The lowest BCUT2D eigenvalue weighted by Gasteiger charge is -2.08. The van der Waals surface area contributed by atoms with Crippen molar-refractivity contribution in [2.24, 2.45) is 5.92 Å². The van der Waals surface area contributed by atoms with Crippen molar-refractivity contribution >= 4 is 47.2 Å². The molecular weight excluding hydrogens is 443 g/mol. The van der Waals surface area contributed by atoms with Gasteiger partial charge in [-0.3, -0.25) is 10.1 Å². The van der Waals surface area contributed by atoms with Crippen LogP contribution in [0, 0.1) is 12.8 Å². The molecule has 0 fully saturated rings. The van der Waals surface area contributed by atoms with E-state index in [1.165, 1.54) is 6.08 Å². The smallest absolute Gasteiger partial charge is 0.331 e. The highest BCUT2D eigenvalue weighted by Gasteiger charge is 2.14. The Labute approximate surface area is 190 Å². The van der Waals surface area contributed by atoms with Crippen molar-refractivity contribution in [3.63, 3.8) is 0 Å². The van der Waals surface area contributed by atoms with E-state index in [0.717, 1.165) is 11.6 Å². The molecule has 1 heterocycles. The van der Waals surface area contributed by atoms with Crippen LogP contribution < -0.4 is 10.6 Å². The van der Waals surface area contributed by atoms with Crippen LogP contribution in [0.15, 0.2) is 30.3 Å². The molecule has 0 radical (unpaired) electrons. The summed E-state index contributed by atoms with van der Waals surface area (Å²) in [5.74, 6) is -1.25. The molecule has 3 amide bonds. The van der Waals surface area contributed by atoms with E-state index in [0.29, 0.717) is 34.5 Å². The van der Waals surface area contributed by atoms with Crippen LogP contribution in [0.25, 0.3) is 6.08 Å². The largest absolute Gasteiger partial charge is 0.452 e. The molecule has 0 unspecified atom stereocenters. The molecule has 1 aromatic heterocycles. The standard InChI is InChI=1S/C21H24Cl2N4O4/c1-13(2)10-24-21(30)25-18(28)12-31-19(29)9-8-16-14(3)26-27(20(16)23)11-15-6-4-5-7-17(15)22/h4-9,13H,10-12H2,1-3H3,(H2,24,25,28,30)/b9-8+. The number of hydrogen-bond acceptors (Lipinski definition) is 5. The van der Waals surface area contributed by atoms with Crippen LogP contribution in [-0.4, -0.2) is 40.8 Å². The summed E-state index contributed by atoms with van der Waals surface area (Å²) in [6, 6.07) is 6.71. The third-order valence-corrected chi connectivity index (χ3v) is 4.81. The van der Waals surface area contributed by atoms with Crippen molar-refractivity contribution in [3.05, 3.63) is 57.3 Å². The zero-order valence-electron chi connectivity index (χ0n) is 17.4. The summed E-state index contributed by atoms with van der Waals surface area (Å²) in [6.45, 7) is 5.80. The van der Waals surface area contributed by atoms with E-state index in [-0.39, 0.29) is 5.92 Å². The minimum Gasteiger partial charge on any atom is -0.452 e. The van der Waals surface area contributed by atoms with Gasteiger partial charge in [0.1, 0.15) is 5.15 Å². The van der Waals surface area contributed by atoms with E-state index in [2.05, 4.69) is 15.7 Å². The van der Waals surface area contributed by atoms with Gasteiger partial charge in [0.25, 0.3) is 5.91 Å². The zero-order chi connectivity index (χ0) is 23.0. The third kappa shape index (κ3) is 7.73. The van der Waals surface area contributed by atoms with Crippen LogP contribution in [0.5, 0.6) is 0 Å². The van der Waals surface area contributed by atoms with Gasteiger partial charge in [0, 0.05) is 23.2 Å². The van der Waals surface area contributed by atoms with Crippen molar-refractivity contribution in [2.45, 2.75) is 27.3 Å². The van der Waals surface area contributed by atoms with Crippen molar-refractivity contribution < 1.29 is 19.1 Å². The third-order valence-electron chi connectivity index (χ3n) is 4.04. The van der Waals surface area contributed by atoms with E-state index in [9.17, 15) is 14.4 Å². The van der Waals surface area contributed by atoms with Crippen LogP contribution in [0.4, 0.5) is 4.79 Å². The molecule has 0 aliphatic carbocycles. The maximum atomic E-state index is 11.9. The number of benzene rings is 1. The second-order valence-electron chi connectivity index (χ2n) is 7.13. The van der Waals surface area contributed by atoms with E-state index in [1.54, 1.807) is 17.7 Å². The van der Waals surface area contributed by atoms with Crippen molar-refractivity contribution in [1.82, 2.24) is 20.4 Å². The highest BCUT2D eigenvalue weighted by atomic mass is 35.5. The Morgan fingerprint density at radius 3 is 2.61 bits per heavy atom. The van der Waals surface area contributed by atoms with Crippen LogP contribution in [0.2, 0.25) is 10.2 Å². The zero-order valence-corrected chi connectivity index (χ0v) is 19.0. The summed E-state index contributed by atoms with van der Waals surface area (Å²) in [7, 11) is 0. The summed E-state index contributed by atoms with van der Waals surface area (Å²) in [5.41, 5.74) is 2.01. The molecule has 0 bridgehead atoms. The number of nitrogens with one attached hydrogen (secondary N) is 2. The van der Waals surface area contributed by atoms with Gasteiger partial charge in [0.15, 0.2) is 6.61 Å². The molecule has 10 heteroatoms. The molecule has 0 saturated heterocycles. The average molecular weight is 467 g/mol. The quantitative estimate of drug-likeness (QED) is 0.457. The molecule has 31 heavy (non-hydrogen) atoms. The molecule has 2 aromatic rings. The Balaban J connectivity index is 1.91. The highest BCUT2D eigenvalue weighted by molar-refractivity contribution is 6.32. The summed E-state index contributed by atoms with van der Waals surface area (Å²) in [4.78, 5) is 35.1. The van der Waals surface area contributed by atoms with E-state index in [4.69, 9.17) is 27.9 Å². The molecule has 0 aliphatic rings. The average Bonchev–Trinajstić information content (AvgIpc) is 2.97. The van der Waals surface area contributed by atoms with Crippen LogP contribution >= 0.6 is 23.2 Å². The predicted molar refractivity (Wildman–Crippen MR) is 119 cm³/mol. The van der Waals surface area contributed by atoms with Gasteiger partial charge in [-0.15, -0.1) is 0 Å². The molecule has 2 rings (SSSR count). The van der Waals surface area contributed by atoms with Crippen molar-refractivity contribution in [2.75, 3.05) is 13.2 Å². The lowest BCUT2D eigenvalue weighted by atomic mass is 10.2. The molecule has 0 saturated carbocycles. The highest BCUT2D eigenvalue weighted by Crippen LogP contribution is 2.24. The summed E-state index contributed by atoms with van der Waals surface area (Å²) in [6.07, 6.45) is 2.60. The van der Waals surface area contributed by atoms with Crippen LogP contribution in [-0.2, 0) is 20.9 Å². The van der Waals surface area contributed by atoms with Crippen LogP contribution in [0.1, 0.15) is 30.7 Å². The van der Waals surface area contributed by atoms with Gasteiger partial charge < -0.3 is 10.1 Å². The second-order valence-corrected chi connectivity index (χ2v) is 7.90. The van der Waals surface area contributed by atoms with E-state index < -0.39 is 24.5 Å². The van der Waals surface area contributed by atoms with Gasteiger partial charge in [0.05, 0.1) is 12.2 Å². The van der Waals surface area contributed by atoms with Crippen molar-refractivity contribution in [3.8, 4) is 0 Å². The second kappa shape index (κ2) is 11.5. The molecule has 0 aliphatic heterocycles. The Hall–Kier alpha value is -2.84. The fourth-order valence-corrected chi connectivity index (χ4v) is 2.98. The predicted octanol–water partition coefficient (Wildman–Crippen LogP) is 3.58. The Morgan fingerprint density at radius 1 is 1.23 bits per heavy atom. The SMILES string of the molecule is Cc1nn(Cc2ccccc2Cl)c(Cl)c1/C=C/C(=O)OCC(=O)NC(=O)NCC(C)C. The number of nitrogens with zero attached hydrogens (tertiary/aromatic N) is 2. The number of rotatable bonds is 8. The number of aromatic nitrogens is 2. The fraction of sp³-hybridized carbons (Fsp3) is 0.333. The molecular formula is C21H24Cl2N4O4. The number of urea groups is 1. The molecule has 166 valence electrons. The molecule has 2 N–H and O–H groups in total. The summed E-state index contributed by atoms with van der Waals surface area (Å²) >= 11 is 12.6. The number of esters is 1. The maximum absolute atomic E-state index is 11.9. The summed E-state index contributed by atoms with van der Waals surface area (Å²) < 4.78 is 6.42. The lowest BCUT2D eigenvalue weighted by molar-refractivity contribution is -0.143. The van der Waals surface area contributed by atoms with Gasteiger partial charge in [-0.2, -0.15) is 5.10 Å². The minimum absolute atomic E-state index is 0.244. The Bertz CT molecular complexity index is 986. The monoisotopic (exact) mass is 466 g/mol. The number of imide groups is 1. The van der Waals surface area contributed by atoms with Gasteiger partial charge >= 0.3 is 12.0 Å². The topological polar surface area (TPSA) is 102 Å². The number of amides is 3. The number of halogens is 2. The Morgan fingerprint density at radius 2 is 1.94 bits per heavy atom. The molecule has 0 atom stereocenters. The normalized spacial score (nSPS) is 11.0. The van der Waals surface area contributed by atoms with Crippen molar-refractivity contribution in [1.29, 1.82) is 0 Å². The van der Waals surface area contributed by atoms with Gasteiger partial charge in [-0.25, -0.2) is 14.3 Å². The van der Waals surface area contributed by atoms with Crippen LogP contribution in [0.3, 0.4) is 0 Å². The van der Waals surface area contributed by atoms with Gasteiger partial charge in [-0.1, -0.05) is 55.2 Å². The van der Waals surface area contributed by atoms with E-state index >= 15 is 0 Å². The number of aryl methyl sites for hydroxylation is 1. The number of carbonyl (C=O) groups excluding carboxylic acids is 3. The fourth-order valence-electron chi connectivity index (χ4n) is 2.49. The number of carbonyl (C=O) groups is 3. The maximum Gasteiger partial charge on any atom is 0.331 e. The Kier molecular flexibility index (Phi) is 9.08. The number of hydrogen-bond donors (Lipinski definition) is 2. The first-order valence-electron chi connectivity index (χ1n) is 9.56. The first kappa shape index (κ1) is 24.4. The minimum atomic E-state index is -0.757.